The lowest BCUT2D eigenvalue weighted by molar-refractivity contribution is 0.226. The number of hydrogen-bond acceptors (Lipinski definition) is 4. The molecule has 0 unspecified atom stereocenters. The van der Waals surface area contributed by atoms with Crippen molar-refractivity contribution >= 4 is 31.8 Å². The van der Waals surface area contributed by atoms with E-state index in [0.717, 1.165) is 12.8 Å². The summed E-state index contributed by atoms with van der Waals surface area (Å²) in [5.41, 5.74) is 5.72. The molecule has 0 bridgehead atoms. The van der Waals surface area contributed by atoms with Crippen LogP contribution in [0, 0.1) is 11.8 Å². The van der Waals surface area contributed by atoms with Crippen molar-refractivity contribution in [2.24, 2.45) is 11.8 Å². The second-order valence-corrected chi connectivity index (χ2v) is 8.34. The first-order valence-electron chi connectivity index (χ1n) is 6.73. The molecule has 1 saturated heterocycles. The Labute approximate surface area is 128 Å². The van der Waals surface area contributed by atoms with Crippen molar-refractivity contribution in [1.82, 2.24) is 9.29 Å². The van der Waals surface area contributed by atoms with Crippen LogP contribution in [0.3, 0.4) is 0 Å². The van der Waals surface area contributed by atoms with E-state index in [9.17, 15) is 8.42 Å². The third-order valence-electron chi connectivity index (χ3n) is 3.91. The lowest BCUT2D eigenvalue weighted by Crippen LogP contribution is -2.39. The summed E-state index contributed by atoms with van der Waals surface area (Å²) in [5.74, 6) is 1.25. The molecule has 2 rings (SSSR count). The van der Waals surface area contributed by atoms with Gasteiger partial charge in [-0.1, -0.05) is 13.8 Å². The van der Waals surface area contributed by atoms with Crippen LogP contribution in [0.1, 0.15) is 26.7 Å². The van der Waals surface area contributed by atoms with Crippen LogP contribution >= 0.6 is 15.9 Å². The zero-order valence-electron chi connectivity index (χ0n) is 11.7. The van der Waals surface area contributed by atoms with Gasteiger partial charge in [0.25, 0.3) is 0 Å². The van der Waals surface area contributed by atoms with E-state index >= 15 is 0 Å². The molecule has 0 radical (unpaired) electrons. The van der Waals surface area contributed by atoms with Gasteiger partial charge in [-0.05, 0) is 46.7 Å². The highest BCUT2D eigenvalue weighted by atomic mass is 79.9. The van der Waals surface area contributed by atoms with Gasteiger partial charge in [0, 0.05) is 23.8 Å². The van der Waals surface area contributed by atoms with Crippen molar-refractivity contribution in [1.29, 1.82) is 0 Å². The summed E-state index contributed by atoms with van der Waals surface area (Å²) in [4.78, 5) is 4.00. The van der Waals surface area contributed by atoms with Crippen LogP contribution in [0.25, 0.3) is 0 Å². The summed E-state index contributed by atoms with van der Waals surface area (Å²) in [6, 6.07) is 1.52. The SMILES string of the molecule is CC(C)C1CCN(S(=O)(=O)c2cc(Br)cnc2N)CC1. The molecule has 20 heavy (non-hydrogen) atoms. The first-order valence-corrected chi connectivity index (χ1v) is 8.97. The molecule has 2 heterocycles. The number of nitrogens with zero attached hydrogens (tertiary/aromatic N) is 2. The highest BCUT2D eigenvalue weighted by Gasteiger charge is 2.32. The Kier molecular flexibility index (Phi) is 4.71. The molecule has 7 heteroatoms. The minimum absolute atomic E-state index is 0.0548. The molecule has 1 fully saturated rings. The van der Waals surface area contributed by atoms with Crippen molar-refractivity contribution in [3.8, 4) is 0 Å². The number of nitrogens with two attached hydrogens (primary N) is 1. The lowest BCUT2D eigenvalue weighted by Gasteiger charge is -2.33. The van der Waals surface area contributed by atoms with Gasteiger partial charge in [0.1, 0.15) is 10.7 Å². The van der Waals surface area contributed by atoms with E-state index in [0.29, 0.717) is 29.4 Å². The van der Waals surface area contributed by atoms with Gasteiger partial charge in [-0.15, -0.1) is 0 Å². The highest BCUT2D eigenvalue weighted by Crippen LogP contribution is 2.30. The van der Waals surface area contributed by atoms with Gasteiger partial charge in [-0.2, -0.15) is 4.31 Å². The predicted molar refractivity (Wildman–Crippen MR) is 82.7 cm³/mol. The van der Waals surface area contributed by atoms with E-state index in [1.54, 1.807) is 0 Å². The minimum Gasteiger partial charge on any atom is -0.383 e. The molecule has 1 aliphatic rings. The molecule has 1 aromatic heterocycles. The maximum atomic E-state index is 12.6. The van der Waals surface area contributed by atoms with E-state index < -0.39 is 10.0 Å². The molecule has 1 aliphatic heterocycles. The maximum Gasteiger partial charge on any atom is 0.246 e. The first-order chi connectivity index (χ1) is 9.32. The molecule has 5 nitrogen and oxygen atoms in total. The van der Waals surface area contributed by atoms with Crippen LogP contribution in [0.2, 0.25) is 0 Å². The van der Waals surface area contributed by atoms with Gasteiger partial charge >= 0.3 is 0 Å². The maximum absolute atomic E-state index is 12.6. The molecule has 0 spiro atoms. The van der Waals surface area contributed by atoms with Crippen molar-refractivity contribution in [2.75, 3.05) is 18.8 Å². The number of nitrogen functional groups attached to an aromatic ring is 1. The van der Waals surface area contributed by atoms with Crippen LogP contribution < -0.4 is 5.73 Å². The summed E-state index contributed by atoms with van der Waals surface area (Å²) >= 11 is 3.24. The van der Waals surface area contributed by atoms with E-state index in [2.05, 4.69) is 34.8 Å². The Morgan fingerprint density at radius 3 is 2.55 bits per heavy atom. The second-order valence-electron chi connectivity index (χ2n) is 5.52. The van der Waals surface area contributed by atoms with Crippen LogP contribution in [-0.2, 0) is 10.0 Å². The summed E-state index contributed by atoms with van der Waals surface area (Å²) in [6.45, 7) is 5.48. The number of halogens is 1. The molecule has 0 saturated carbocycles. The quantitative estimate of drug-likeness (QED) is 0.896. The number of sulfonamides is 1. The van der Waals surface area contributed by atoms with Gasteiger partial charge < -0.3 is 5.73 Å². The predicted octanol–water partition coefficient (Wildman–Crippen LogP) is 2.48. The van der Waals surface area contributed by atoms with Crippen molar-refractivity contribution < 1.29 is 8.42 Å². The zero-order valence-corrected chi connectivity index (χ0v) is 14.1. The Hall–Kier alpha value is -0.660. The third kappa shape index (κ3) is 3.15. The van der Waals surface area contributed by atoms with Crippen molar-refractivity contribution in [2.45, 2.75) is 31.6 Å². The standard InChI is InChI=1S/C13H20BrN3O2S/c1-9(2)10-3-5-17(6-4-10)20(18,19)12-7-11(14)8-16-13(12)15/h7-10H,3-6H2,1-2H3,(H2,15,16). The average Bonchev–Trinajstić information content (AvgIpc) is 2.41. The fourth-order valence-electron chi connectivity index (χ4n) is 2.56. The number of rotatable bonds is 3. The zero-order chi connectivity index (χ0) is 14.9. The number of pyridine rings is 1. The van der Waals surface area contributed by atoms with Crippen LogP contribution in [0.15, 0.2) is 21.6 Å². The van der Waals surface area contributed by atoms with Gasteiger partial charge in [0.2, 0.25) is 10.0 Å². The third-order valence-corrected chi connectivity index (χ3v) is 6.27. The second kappa shape index (κ2) is 5.99. The van der Waals surface area contributed by atoms with E-state index in [1.165, 1.54) is 16.6 Å². The molecule has 1 aromatic rings. The Morgan fingerprint density at radius 1 is 1.40 bits per heavy atom. The molecular formula is C13H20BrN3O2S. The number of aromatic nitrogens is 1. The monoisotopic (exact) mass is 361 g/mol. The topological polar surface area (TPSA) is 76.3 Å². The van der Waals surface area contributed by atoms with Gasteiger partial charge in [-0.3, -0.25) is 0 Å². The first kappa shape index (κ1) is 15.7. The fraction of sp³-hybridized carbons (Fsp3) is 0.615. The molecule has 0 aromatic carbocycles. The fourth-order valence-corrected chi connectivity index (χ4v) is 4.61. The molecule has 2 N–H and O–H groups in total. The summed E-state index contributed by atoms with van der Waals surface area (Å²) in [7, 11) is -3.55. The van der Waals surface area contributed by atoms with Crippen molar-refractivity contribution in [3.63, 3.8) is 0 Å². The van der Waals surface area contributed by atoms with Gasteiger partial charge in [0.05, 0.1) is 0 Å². The number of piperidine rings is 1. The van der Waals surface area contributed by atoms with E-state index in [4.69, 9.17) is 5.73 Å². The summed E-state index contributed by atoms with van der Waals surface area (Å²) < 4.78 is 27.4. The van der Waals surface area contributed by atoms with Crippen LogP contribution in [-0.4, -0.2) is 30.8 Å². The Morgan fingerprint density at radius 2 is 2.00 bits per heavy atom. The Balaban J connectivity index is 2.22. The number of anilines is 1. The van der Waals surface area contributed by atoms with E-state index in [1.807, 2.05) is 0 Å². The van der Waals surface area contributed by atoms with Gasteiger partial charge in [-0.25, -0.2) is 13.4 Å². The van der Waals surface area contributed by atoms with Gasteiger partial charge in [0.15, 0.2) is 0 Å². The molecular weight excluding hydrogens is 342 g/mol. The molecule has 0 aliphatic carbocycles. The molecule has 0 amide bonds. The van der Waals surface area contributed by atoms with E-state index in [-0.39, 0.29) is 10.7 Å². The Bertz CT molecular complexity index is 581. The molecule has 112 valence electrons. The molecule has 0 atom stereocenters. The number of hydrogen-bond donors (Lipinski definition) is 1. The smallest absolute Gasteiger partial charge is 0.246 e. The summed E-state index contributed by atoms with van der Waals surface area (Å²) in [6.07, 6.45) is 3.30. The lowest BCUT2D eigenvalue weighted by atomic mass is 9.87. The summed E-state index contributed by atoms with van der Waals surface area (Å²) in [5, 5.41) is 0. The van der Waals surface area contributed by atoms with Crippen LogP contribution in [0.5, 0.6) is 0 Å². The minimum atomic E-state index is -3.55. The van der Waals surface area contributed by atoms with Crippen LogP contribution in [0.4, 0.5) is 5.82 Å². The van der Waals surface area contributed by atoms with Crippen molar-refractivity contribution in [3.05, 3.63) is 16.7 Å². The largest absolute Gasteiger partial charge is 0.383 e. The normalized spacial score (nSPS) is 18.6. The average molecular weight is 362 g/mol. The highest BCUT2D eigenvalue weighted by molar-refractivity contribution is 9.10.